The number of nitrogens with zero attached hydrogens (tertiary/aromatic N) is 2. The van der Waals surface area contributed by atoms with Gasteiger partial charge < -0.3 is 0 Å². The van der Waals surface area contributed by atoms with Crippen LogP contribution < -0.4 is 5.01 Å². The van der Waals surface area contributed by atoms with Crippen molar-refractivity contribution in [3.63, 3.8) is 0 Å². The average Bonchev–Trinajstić information content (AvgIpc) is 2.54. The number of hydrogen-bond acceptors (Lipinski definition) is 2. The van der Waals surface area contributed by atoms with Crippen LogP contribution >= 0.6 is 0 Å². The lowest BCUT2D eigenvalue weighted by Crippen LogP contribution is -2.27. The molecule has 1 heterocycles. The second-order valence-corrected chi connectivity index (χ2v) is 4.64. The van der Waals surface area contributed by atoms with Crippen molar-refractivity contribution in [2.45, 2.75) is 34.1 Å². The van der Waals surface area contributed by atoms with E-state index in [-0.39, 0.29) is 11.8 Å². The maximum Gasteiger partial charge on any atom is 0.256 e. The molecule has 0 aliphatic carbocycles. The number of hydrogen-bond donors (Lipinski definition) is 0. The number of carbonyl (C=O) groups excluding carboxylic acids is 1. The van der Waals surface area contributed by atoms with E-state index in [0.29, 0.717) is 0 Å². The predicted molar refractivity (Wildman–Crippen MR) is 70.3 cm³/mol. The lowest BCUT2D eigenvalue weighted by Gasteiger charge is -2.16. The Morgan fingerprint density at radius 3 is 2.53 bits per heavy atom. The fourth-order valence-corrected chi connectivity index (χ4v) is 2.29. The first-order valence-corrected chi connectivity index (χ1v) is 6.01. The molecule has 17 heavy (non-hydrogen) atoms. The Bertz CT molecular complexity index is 491. The van der Waals surface area contributed by atoms with Gasteiger partial charge in [0.05, 0.1) is 11.6 Å². The molecule has 0 spiro atoms. The molecular formula is C14H18N2O. The van der Waals surface area contributed by atoms with Crippen LogP contribution in [-0.2, 0) is 4.79 Å². The van der Waals surface area contributed by atoms with Gasteiger partial charge in [0.25, 0.3) is 5.91 Å². The lowest BCUT2D eigenvalue weighted by molar-refractivity contribution is -0.119. The zero-order chi connectivity index (χ0) is 12.6. The van der Waals surface area contributed by atoms with Crippen molar-refractivity contribution in [3.8, 4) is 0 Å². The van der Waals surface area contributed by atoms with Crippen molar-refractivity contribution in [1.29, 1.82) is 0 Å². The molecule has 1 aromatic carbocycles. The van der Waals surface area contributed by atoms with E-state index in [2.05, 4.69) is 11.2 Å². The Balaban J connectivity index is 2.39. The average molecular weight is 230 g/mol. The van der Waals surface area contributed by atoms with Gasteiger partial charge in [-0.15, -0.1) is 0 Å². The molecule has 0 bridgehead atoms. The highest BCUT2D eigenvalue weighted by Crippen LogP contribution is 2.28. The normalized spacial score (nSPS) is 19.8. The summed E-state index contributed by atoms with van der Waals surface area (Å²) in [6.07, 6.45) is 0.815. The number of rotatable bonds is 2. The van der Waals surface area contributed by atoms with Crippen LogP contribution in [-0.4, -0.2) is 11.6 Å². The van der Waals surface area contributed by atoms with E-state index in [1.165, 1.54) is 5.56 Å². The highest BCUT2D eigenvalue weighted by molar-refractivity contribution is 6.14. The summed E-state index contributed by atoms with van der Waals surface area (Å²) < 4.78 is 0. The summed E-state index contributed by atoms with van der Waals surface area (Å²) in [5.74, 6) is 0.0488. The molecule has 1 aliphatic rings. The molecule has 0 saturated heterocycles. The Morgan fingerprint density at radius 1 is 1.29 bits per heavy atom. The summed E-state index contributed by atoms with van der Waals surface area (Å²) in [5, 5.41) is 5.94. The first-order chi connectivity index (χ1) is 8.04. The first kappa shape index (κ1) is 11.8. The summed E-state index contributed by atoms with van der Waals surface area (Å²) in [6, 6.07) is 6.06. The largest absolute Gasteiger partial charge is 0.272 e. The van der Waals surface area contributed by atoms with Crippen molar-refractivity contribution in [1.82, 2.24) is 0 Å². The topological polar surface area (TPSA) is 32.7 Å². The van der Waals surface area contributed by atoms with Crippen LogP contribution in [0.1, 0.15) is 31.4 Å². The zero-order valence-corrected chi connectivity index (χ0v) is 10.8. The number of aryl methyl sites for hydroxylation is 2. The van der Waals surface area contributed by atoms with Crippen LogP contribution in [0.15, 0.2) is 23.3 Å². The van der Waals surface area contributed by atoms with Crippen molar-refractivity contribution in [2.24, 2.45) is 11.0 Å². The molecule has 1 aliphatic heterocycles. The minimum Gasteiger partial charge on any atom is -0.272 e. The molecule has 1 unspecified atom stereocenters. The summed E-state index contributed by atoms with van der Waals surface area (Å²) in [7, 11) is 0. The first-order valence-electron chi connectivity index (χ1n) is 6.01. The Kier molecular flexibility index (Phi) is 3.01. The van der Waals surface area contributed by atoms with Gasteiger partial charge in [0.2, 0.25) is 0 Å². The van der Waals surface area contributed by atoms with E-state index < -0.39 is 0 Å². The molecule has 1 aromatic rings. The summed E-state index contributed by atoms with van der Waals surface area (Å²) in [6.45, 7) is 8.01. The van der Waals surface area contributed by atoms with E-state index in [4.69, 9.17) is 0 Å². The minimum atomic E-state index is -0.0456. The van der Waals surface area contributed by atoms with Crippen molar-refractivity contribution in [2.75, 3.05) is 5.01 Å². The number of amides is 1. The third kappa shape index (κ3) is 1.97. The molecule has 0 fully saturated rings. The number of benzene rings is 1. The van der Waals surface area contributed by atoms with Gasteiger partial charge in [-0.3, -0.25) is 4.79 Å². The zero-order valence-electron chi connectivity index (χ0n) is 10.8. The molecule has 0 saturated carbocycles. The standard InChI is InChI=1S/C14H18N2O/c1-5-12-11(4)15-16(14(12)17)13-7-6-9(2)8-10(13)3/h6-8,12H,5H2,1-4H3. The highest BCUT2D eigenvalue weighted by atomic mass is 16.2. The molecular weight excluding hydrogens is 212 g/mol. The van der Waals surface area contributed by atoms with Crippen LogP contribution in [0.2, 0.25) is 0 Å². The maximum atomic E-state index is 12.2. The second-order valence-electron chi connectivity index (χ2n) is 4.64. The van der Waals surface area contributed by atoms with Gasteiger partial charge in [-0.1, -0.05) is 24.6 Å². The third-order valence-electron chi connectivity index (χ3n) is 3.26. The highest BCUT2D eigenvalue weighted by Gasteiger charge is 2.33. The van der Waals surface area contributed by atoms with Crippen LogP contribution in [0.4, 0.5) is 5.69 Å². The van der Waals surface area contributed by atoms with Crippen molar-refractivity contribution in [3.05, 3.63) is 29.3 Å². The molecule has 3 heteroatoms. The molecule has 0 aromatic heterocycles. The lowest BCUT2D eigenvalue weighted by atomic mass is 10.0. The summed E-state index contributed by atoms with van der Waals surface area (Å²) in [4.78, 5) is 12.2. The smallest absolute Gasteiger partial charge is 0.256 e. The van der Waals surface area contributed by atoms with Gasteiger partial charge >= 0.3 is 0 Å². The van der Waals surface area contributed by atoms with Crippen LogP contribution in [0.5, 0.6) is 0 Å². The quantitative estimate of drug-likeness (QED) is 0.768. The summed E-state index contributed by atoms with van der Waals surface area (Å²) >= 11 is 0. The van der Waals surface area contributed by atoms with Gasteiger partial charge in [-0.25, -0.2) is 0 Å². The van der Waals surface area contributed by atoms with Gasteiger partial charge in [0, 0.05) is 5.71 Å². The van der Waals surface area contributed by atoms with E-state index in [1.807, 2.05) is 39.8 Å². The Hall–Kier alpha value is -1.64. The van der Waals surface area contributed by atoms with E-state index in [1.54, 1.807) is 5.01 Å². The number of anilines is 1. The van der Waals surface area contributed by atoms with Crippen LogP contribution in [0.25, 0.3) is 0 Å². The maximum absolute atomic E-state index is 12.2. The molecule has 0 N–H and O–H groups in total. The number of carbonyl (C=O) groups is 1. The predicted octanol–water partition coefficient (Wildman–Crippen LogP) is 3.05. The third-order valence-corrected chi connectivity index (χ3v) is 3.26. The van der Waals surface area contributed by atoms with Gasteiger partial charge in [-0.2, -0.15) is 10.1 Å². The monoisotopic (exact) mass is 230 g/mol. The van der Waals surface area contributed by atoms with Gasteiger partial charge in [0.1, 0.15) is 0 Å². The second kappa shape index (κ2) is 4.32. The van der Waals surface area contributed by atoms with Crippen molar-refractivity contribution < 1.29 is 4.79 Å². The van der Waals surface area contributed by atoms with E-state index in [0.717, 1.165) is 23.4 Å². The molecule has 2 rings (SSSR count). The van der Waals surface area contributed by atoms with E-state index >= 15 is 0 Å². The molecule has 3 nitrogen and oxygen atoms in total. The van der Waals surface area contributed by atoms with Crippen LogP contribution in [0.3, 0.4) is 0 Å². The van der Waals surface area contributed by atoms with E-state index in [9.17, 15) is 4.79 Å². The minimum absolute atomic E-state index is 0.0456. The van der Waals surface area contributed by atoms with Gasteiger partial charge in [0.15, 0.2) is 0 Å². The summed E-state index contributed by atoms with van der Waals surface area (Å²) in [5.41, 5.74) is 4.10. The SMILES string of the molecule is CCC1C(=O)N(c2ccc(C)cc2C)N=C1C. The Labute approximate surface area is 102 Å². The van der Waals surface area contributed by atoms with Crippen molar-refractivity contribution >= 4 is 17.3 Å². The Morgan fingerprint density at radius 2 is 2.00 bits per heavy atom. The fraction of sp³-hybridized carbons (Fsp3) is 0.429. The number of hydrazone groups is 1. The fourth-order valence-electron chi connectivity index (χ4n) is 2.29. The molecule has 1 amide bonds. The van der Waals surface area contributed by atoms with Gasteiger partial charge in [-0.05, 0) is 38.8 Å². The molecule has 0 radical (unpaired) electrons. The molecule has 90 valence electrons. The van der Waals surface area contributed by atoms with Crippen LogP contribution in [0, 0.1) is 19.8 Å². The molecule has 1 atom stereocenters.